The van der Waals surface area contributed by atoms with Crippen LogP contribution >= 0.6 is 11.3 Å². The first-order valence-electron chi connectivity index (χ1n) is 12.2. The third-order valence-corrected chi connectivity index (χ3v) is 9.79. The standard InChI is InChI=1S/C28H29N3O4S2/c1-19-16-24-26(17-20(19)2)36-28(29-24)30(18-21-8-5-4-6-9-21)27(32)25-10-7-15-31(25)37(33,34)23-13-11-22(35-3)12-14-23/h4-6,8-9,11-14,16-17,25H,7,10,15,18H2,1-3H3. The van der Waals surface area contributed by atoms with Gasteiger partial charge in [0.15, 0.2) is 5.13 Å². The van der Waals surface area contributed by atoms with Gasteiger partial charge in [0, 0.05) is 6.54 Å². The van der Waals surface area contributed by atoms with Gasteiger partial charge in [0.05, 0.1) is 28.8 Å². The van der Waals surface area contributed by atoms with Crippen LogP contribution in [0.4, 0.5) is 5.13 Å². The Morgan fingerprint density at radius 1 is 1.08 bits per heavy atom. The highest BCUT2D eigenvalue weighted by atomic mass is 32.2. The second-order valence-electron chi connectivity index (χ2n) is 9.26. The lowest BCUT2D eigenvalue weighted by atomic mass is 10.1. The van der Waals surface area contributed by atoms with Crippen LogP contribution in [0.25, 0.3) is 10.2 Å². The van der Waals surface area contributed by atoms with Crippen LogP contribution in [0, 0.1) is 13.8 Å². The Labute approximate surface area is 221 Å². The van der Waals surface area contributed by atoms with Crippen molar-refractivity contribution in [3.63, 3.8) is 0 Å². The SMILES string of the molecule is COc1ccc(S(=O)(=O)N2CCCC2C(=O)N(Cc2ccccc2)c2nc3cc(C)c(C)cc3s2)cc1. The number of aryl methyl sites for hydroxylation is 2. The molecule has 1 aliphatic heterocycles. The van der Waals surface area contributed by atoms with Gasteiger partial charge >= 0.3 is 0 Å². The monoisotopic (exact) mass is 535 g/mol. The van der Waals surface area contributed by atoms with Crippen LogP contribution in [0.5, 0.6) is 5.75 Å². The second kappa shape index (κ2) is 10.2. The van der Waals surface area contributed by atoms with Crippen LogP contribution in [0.3, 0.4) is 0 Å². The van der Waals surface area contributed by atoms with E-state index in [4.69, 9.17) is 9.72 Å². The van der Waals surface area contributed by atoms with Gasteiger partial charge in [0.2, 0.25) is 15.9 Å². The summed E-state index contributed by atoms with van der Waals surface area (Å²) in [5.74, 6) is 0.314. The first-order chi connectivity index (χ1) is 17.8. The summed E-state index contributed by atoms with van der Waals surface area (Å²) in [6.45, 7) is 4.70. The Bertz CT molecular complexity index is 1490. The second-order valence-corrected chi connectivity index (χ2v) is 12.2. The summed E-state index contributed by atoms with van der Waals surface area (Å²) < 4.78 is 34.7. The normalized spacial score (nSPS) is 16.2. The average molecular weight is 536 g/mol. The van der Waals surface area contributed by atoms with Crippen LogP contribution in [0.1, 0.15) is 29.5 Å². The number of thiazole rings is 1. The van der Waals surface area contributed by atoms with E-state index in [0.717, 1.165) is 26.9 Å². The molecule has 0 aliphatic carbocycles. The number of fused-ring (bicyclic) bond motifs is 1. The maximum Gasteiger partial charge on any atom is 0.247 e. The van der Waals surface area contributed by atoms with Crippen molar-refractivity contribution in [2.24, 2.45) is 0 Å². The molecule has 1 aromatic heterocycles. The Hall–Kier alpha value is -3.27. The highest BCUT2D eigenvalue weighted by Crippen LogP contribution is 2.34. The van der Waals surface area contributed by atoms with Crippen molar-refractivity contribution < 1.29 is 17.9 Å². The Kier molecular flexibility index (Phi) is 7.02. The van der Waals surface area contributed by atoms with E-state index in [0.29, 0.717) is 36.8 Å². The minimum absolute atomic E-state index is 0.147. The van der Waals surface area contributed by atoms with Crippen molar-refractivity contribution in [3.8, 4) is 5.75 Å². The van der Waals surface area contributed by atoms with Gasteiger partial charge in [-0.05, 0) is 79.8 Å². The molecule has 192 valence electrons. The molecule has 3 aromatic carbocycles. The zero-order valence-corrected chi connectivity index (χ0v) is 22.7. The van der Waals surface area contributed by atoms with E-state index in [2.05, 4.69) is 13.0 Å². The highest BCUT2D eigenvalue weighted by Gasteiger charge is 2.42. The molecule has 1 fully saturated rings. The molecule has 1 saturated heterocycles. The maximum absolute atomic E-state index is 14.1. The molecule has 0 N–H and O–H groups in total. The lowest BCUT2D eigenvalue weighted by molar-refractivity contribution is -0.121. The number of anilines is 1. The summed E-state index contributed by atoms with van der Waals surface area (Å²) in [6.07, 6.45) is 1.08. The van der Waals surface area contributed by atoms with Crippen LogP contribution in [0.15, 0.2) is 71.6 Å². The largest absolute Gasteiger partial charge is 0.497 e. The molecule has 0 bridgehead atoms. The smallest absolute Gasteiger partial charge is 0.247 e. The van der Waals surface area contributed by atoms with Gasteiger partial charge in [0.25, 0.3) is 0 Å². The summed E-state index contributed by atoms with van der Waals surface area (Å²) >= 11 is 1.46. The quantitative estimate of drug-likeness (QED) is 0.321. The van der Waals surface area contributed by atoms with Gasteiger partial charge in [-0.25, -0.2) is 13.4 Å². The Morgan fingerprint density at radius 2 is 1.78 bits per heavy atom. The van der Waals surface area contributed by atoms with Gasteiger partial charge in [-0.1, -0.05) is 41.7 Å². The topological polar surface area (TPSA) is 79.8 Å². The minimum Gasteiger partial charge on any atom is -0.497 e. The number of sulfonamides is 1. The fraction of sp³-hybridized carbons (Fsp3) is 0.286. The van der Waals surface area contributed by atoms with Gasteiger partial charge in [-0.15, -0.1) is 0 Å². The molecule has 1 atom stereocenters. The number of ether oxygens (including phenoxy) is 1. The van der Waals surface area contributed by atoms with E-state index in [1.54, 1.807) is 17.0 Å². The molecule has 37 heavy (non-hydrogen) atoms. The Balaban J connectivity index is 1.52. The number of amides is 1. The van der Waals surface area contributed by atoms with Gasteiger partial charge in [-0.3, -0.25) is 9.69 Å². The molecular weight excluding hydrogens is 506 g/mol. The first-order valence-corrected chi connectivity index (χ1v) is 14.4. The molecule has 2 heterocycles. The van der Waals surface area contributed by atoms with Crippen LogP contribution in [0.2, 0.25) is 0 Å². The average Bonchev–Trinajstić information content (AvgIpc) is 3.56. The van der Waals surface area contributed by atoms with Crippen molar-refractivity contribution >= 4 is 42.6 Å². The van der Waals surface area contributed by atoms with E-state index in [1.165, 1.54) is 34.9 Å². The lowest BCUT2D eigenvalue weighted by Gasteiger charge is -2.28. The predicted molar refractivity (Wildman–Crippen MR) is 147 cm³/mol. The summed E-state index contributed by atoms with van der Waals surface area (Å²) in [7, 11) is -2.34. The van der Waals surface area contributed by atoms with E-state index < -0.39 is 16.1 Å². The van der Waals surface area contributed by atoms with Gasteiger partial charge in [-0.2, -0.15) is 4.31 Å². The number of carbonyl (C=O) groups excluding carboxylic acids is 1. The third-order valence-electron chi connectivity index (χ3n) is 6.83. The molecule has 1 aliphatic rings. The molecule has 0 spiro atoms. The first kappa shape index (κ1) is 25.4. The summed E-state index contributed by atoms with van der Waals surface area (Å²) in [6, 6.07) is 19.3. The lowest BCUT2D eigenvalue weighted by Crippen LogP contribution is -2.47. The van der Waals surface area contributed by atoms with E-state index >= 15 is 0 Å². The van der Waals surface area contributed by atoms with Crippen molar-refractivity contribution in [3.05, 3.63) is 83.4 Å². The van der Waals surface area contributed by atoms with E-state index in [9.17, 15) is 13.2 Å². The molecule has 9 heteroatoms. The molecule has 1 unspecified atom stereocenters. The summed E-state index contributed by atoms with van der Waals surface area (Å²) in [5.41, 5.74) is 4.09. The third kappa shape index (κ3) is 4.99. The van der Waals surface area contributed by atoms with Crippen LogP contribution in [-0.4, -0.2) is 43.3 Å². The molecule has 5 rings (SSSR count). The van der Waals surface area contributed by atoms with Crippen molar-refractivity contribution in [2.75, 3.05) is 18.6 Å². The van der Waals surface area contributed by atoms with Crippen molar-refractivity contribution in [1.82, 2.24) is 9.29 Å². The Morgan fingerprint density at radius 3 is 2.49 bits per heavy atom. The number of carbonyl (C=O) groups is 1. The van der Waals surface area contributed by atoms with E-state index in [-0.39, 0.29) is 10.8 Å². The number of rotatable bonds is 7. The number of aromatic nitrogens is 1. The zero-order valence-electron chi connectivity index (χ0n) is 21.0. The number of nitrogens with zero attached hydrogens (tertiary/aromatic N) is 3. The number of hydrogen-bond donors (Lipinski definition) is 0. The summed E-state index contributed by atoms with van der Waals surface area (Å²) in [4.78, 5) is 20.7. The maximum atomic E-state index is 14.1. The number of hydrogen-bond acceptors (Lipinski definition) is 6. The summed E-state index contributed by atoms with van der Waals surface area (Å²) in [5, 5.41) is 0.572. The number of methoxy groups -OCH3 is 1. The predicted octanol–water partition coefficient (Wildman–Crippen LogP) is 5.31. The zero-order chi connectivity index (χ0) is 26.2. The van der Waals surface area contributed by atoms with Gasteiger partial charge in [0.1, 0.15) is 11.8 Å². The molecule has 1 amide bonds. The van der Waals surface area contributed by atoms with E-state index in [1.807, 2.05) is 43.3 Å². The number of benzene rings is 3. The fourth-order valence-electron chi connectivity index (χ4n) is 4.63. The van der Waals surface area contributed by atoms with Gasteiger partial charge < -0.3 is 4.74 Å². The van der Waals surface area contributed by atoms with Crippen molar-refractivity contribution in [1.29, 1.82) is 0 Å². The highest BCUT2D eigenvalue weighted by molar-refractivity contribution is 7.89. The molecule has 7 nitrogen and oxygen atoms in total. The minimum atomic E-state index is -3.87. The molecular formula is C28H29N3O4S2. The van der Waals surface area contributed by atoms with Crippen LogP contribution < -0.4 is 9.64 Å². The van der Waals surface area contributed by atoms with Crippen LogP contribution in [-0.2, 0) is 21.4 Å². The molecule has 0 saturated carbocycles. The van der Waals surface area contributed by atoms with Crippen molar-refractivity contribution in [2.45, 2.75) is 44.2 Å². The molecule has 0 radical (unpaired) electrons. The fourth-order valence-corrected chi connectivity index (χ4v) is 7.33. The molecule has 4 aromatic rings.